The average molecular weight is 194 g/mol. The van der Waals surface area contributed by atoms with Crippen LogP contribution in [0, 0.1) is 23.2 Å². The normalized spacial score (nSPS) is 35.4. The summed E-state index contributed by atoms with van der Waals surface area (Å²) in [5, 5.41) is 0. The van der Waals surface area contributed by atoms with Gasteiger partial charge in [-0.05, 0) is 48.9 Å². The first kappa shape index (κ1) is 10.5. The van der Waals surface area contributed by atoms with Crippen LogP contribution in [-0.4, -0.2) is 0 Å². The van der Waals surface area contributed by atoms with Crippen LogP contribution in [0.3, 0.4) is 0 Å². The predicted molar refractivity (Wildman–Crippen MR) is 62.2 cm³/mol. The van der Waals surface area contributed by atoms with Crippen LogP contribution in [0.2, 0.25) is 0 Å². The molecule has 2 saturated carbocycles. The highest BCUT2D eigenvalue weighted by atomic mass is 14.4. The molecule has 0 aromatic carbocycles. The van der Waals surface area contributed by atoms with E-state index in [0.717, 1.165) is 17.8 Å². The van der Waals surface area contributed by atoms with E-state index in [1.807, 2.05) is 0 Å². The van der Waals surface area contributed by atoms with E-state index in [-0.39, 0.29) is 0 Å². The molecule has 0 amide bonds. The highest BCUT2D eigenvalue weighted by Crippen LogP contribution is 2.46. The maximum Gasteiger partial charge on any atom is -0.0354 e. The van der Waals surface area contributed by atoms with Crippen molar-refractivity contribution in [2.75, 3.05) is 0 Å². The fourth-order valence-electron chi connectivity index (χ4n) is 3.37. The van der Waals surface area contributed by atoms with Gasteiger partial charge in [-0.1, -0.05) is 40.0 Å². The second-order valence-electron chi connectivity index (χ2n) is 6.67. The van der Waals surface area contributed by atoms with Gasteiger partial charge in [-0.15, -0.1) is 0 Å². The Morgan fingerprint density at radius 2 is 1.21 bits per heavy atom. The Morgan fingerprint density at radius 3 is 1.57 bits per heavy atom. The number of hydrogen-bond donors (Lipinski definition) is 0. The van der Waals surface area contributed by atoms with E-state index in [2.05, 4.69) is 20.8 Å². The molecule has 0 aliphatic heterocycles. The van der Waals surface area contributed by atoms with Crippen LogP contribution in [0.1, 0.15) is 65.7 Å². The summed E-state index contributed by atoms with van der Waals surface area (Å²) in [4.78, 5) is 0. The van der Waals surface area contributed by atoms with Crippen molar-refractivity contribution in [1.82, 2.24) is 0 Å². The van der Waals surface area contributed by atoms with Crippen molar-refractivity contribution in [2.45, 2.75) is 65.7 Å². The van der Waals surface area contributed by atoms with E-state index in [9.17, 15) is 0 Å². The fraction of sp³-hybridized carbons (Fsp3) is 1.00. The Hall–Kier alpha value is 0. The Labute approximate surface area is 89.5 Å². The van der Waals surface area contributed by atoms with Crippen molar-refractivity contribution >= 4 is 0 Å². The van der Waals surface area contributed by atoms with Crippen molar-refractivity contribution in [1.29, 1.82) is 0 Å². The molecule has 0 saturated heterocycles. The predicted octanol–water partition coefficient (Wildman–Crippen LogP) is 4.64. The number of rotatable bonds is 1. The first-order valence-electron chi connectivity index (χ1n) is 6.57. The molecule has 2 aliphatic rings. The molecule has 2 aliphatic carbocycles. The standard InChI is InChI=1S/C14H26/c1-14(2,3)13-9-7-12(8-10-13)11-5-4-6-11/h11-13H,4-10H2,1-3H3. The van der Waals surface area contributed by atoms with E-state index in [1.54, 1.807) is 12.8 Å². The van der Waals surface area contributed by atoms with Crippen molar-refractivity contribution in [2.24, 2.45) is 23.2 Å². The maximum absolute atomic E-state index is 2.42. The van der Waals surface area contributed by atoms with Crippen LogP contribution < -0.4 is 0 Å². The molecule has 0 N–H and O–H groups in total. The van der Waals surface area contributed by atoms with Crippen molar-refractivity contribution in [3.05, 3.63) is 0 Å². The van der Waals surface area contributed by atoms with Gasteiger partial charge in [0.25, 0.3) is 0 Å². The van der Waals surface area contributed by atoms with Gasteiger partial charge in [0.2, 0.25) is 0 Å². The van der Waals surface area contributed by atoms with Crippen molar-refractivity contribution in [3.8, 4) is 0 Å². The molecule has 0 aromatic heterocycles. The lowest BCUT2D eigenvalue weighted by Crippen LogP contribution is -2.30. The SMILES string of the molecule is CC(C)(C)C1CCC(C2CCC2)CC1. The second-order valence-corrected chi connectivity index (χ2v) is 6.67. The van der Waals surface area contributed by atoms with Gasteiger partial charge < -0.3 is 0 Å². The van der Waals surface area contributed by atoms with Crippen molar-refractivity contribution in [3.63, 3.8) is 0 Å². The Bertz CT molecular complexity index is 175. The summed E-state index contributed by atoms with van der Waals surface area (Å²) in [6.07, 6.45) is 10.7. The van der Waals surface area contributed by atoms with Gasteiger partial charge in [-0.25, -0.2) is 0 Å². The topological polar surface area (TPSA) is 0 Å². The summed E-state index contributed by atoms with van der Waals surface area (Å²) in [6, 6.07) is 0. The summed E-state index contributed by atoms with van der Waals surface area (Å²) in [7, 11) is 0. The summed E-state index contributed by atoms with van der Waals surface area (Å²) in [6.45, 7) is 7.25. The van der Waals surface area contributed by atoms with Crippen LogP contribution in [0.15, 0.2) is 0 Å². The highest BCUT2D eigenvalue weighted by Gasteiger charge is 2.34. The molecule has 2 fully saturated rings. The first-order valence-corrected chi connectivity index (χ1v) is 6.57. The lowest BCUT2D eigenvalue weighted by molar-refractivity contribution is 0.0943. The minimum atomic E-state index is 0.560. The lowest BCUT2D eigenvalue weighted by Gasteiger charge is -2.42. The molecule has 0 unspecified atom stereocenters. The summed E-state index contributed by atoms with van der Waals surface area (Å²) >= 11 is 0. The van der Waals surface area contributed by atoms with E-state index in [4.69, 9.17) is 0 Å². The molecule has 0 nitrogen and oxygen atoms in total. The van der Waals surface area contributed by atoms with E-state index >= 15 is 0 Å². The van der Waals surface area contributed by atoms with Gasteiger partial charge in [-0.2, -0.15) is 0 Å². The van der Waals surface area contributed by atoms with Gasteiger partial charge in [0, 0.05) is 0 Å². The molecular formula is C14H26. The third kappa shape index (κ3) is 2.15. The molecule has 0 atom stereocenters. The summed E-state index contributed by atoms with van der Waals surface area (Å²) < 4.78 is 0. The van der Waals surface area contributed by atoms with Gasteiger partial charge in [0.15, 0.2) is 0 Å². The molecule has 0 aromatic rings. The largest absolute Gasteiger partial charge is 0.0599 e. The van der Waals surface area contributed by atoms with Gasteiger partial charge in [-0.3, -0.25) is 0 Å². The molecule has 14 heavy (non-hydrogen) atoms. The van der Waals surface area contributed by atoms with Crippen LogP contribution in [0.5, 0.6) is 0 Å². The minimum Gasteiger partial charge on any atom is -0.0599 e. The van der Waals surface area contributed by atoms with Gasteiger partial charge in [0.1, 0.15) is 0 Å². The minimum absolute atomic E-state index is 0.560. The molecule has 2 rings (SSSR count). The van der Waals surface area contributed by atoms with Crippen LogP contribution >= 0.6 is 0 Å². The Morgan fingerprint density at radius 1 is 0.714 bits per heavy atom. The van der Waals surface area contributed by atoms with E-state index in [0.29, 0.717) is 5.41 Å². The second kappa shape index (κ2) is 3.87. The smallest absolute Gasteiger partial charge is 0.0354 e. The monoisotopic (exact) mass is 194 g/mol. The summed E-state index contributed by atoms with van der Waals surface area (Å²) in [5.74, 6) is 3.25. The fourth-order valence-corrected chi connectivity index (χ4v) is 3.37. The molecule has 0 radical (unpaired) electrons. The number of hydrogen-bond acceptors (Lipinski definition) is 0. The third-order valence-electron chi connectivity index (χ3n) is 4.81. The zero-order chi connectivity index (χ0) is 10.2. The van der Waals surface area contributed by atoms with Gasteiger partial charge >= 0.3 is 0 Å². The molecule has 0 heteroatoms. The zero-order valence-electron chi connectivity index (χ0n) is 10.2. The average Bonchev–Trinajstić information content (AvgIpc) is 2.00. The molecule has 0 spiro atoms. The quantitative estimate of drug-likeness (QED) is 0.570. The van der Waals surface area contributed by atoms with Crippen LogP contribution in [-0.2, 0) is 0 Å². The molecule has 0 heterocycles. The van der Waals surface area contributed by atoms with Crippen molar-refractivity contribution < 1.29 is 0 Å². The van der Waals surface area contributed by atoms with Gasteiger partial charge in [0.05, 0.1) is 0 Å². The third-order valence-corrected chi connectivity index (χ3v) is 4.81. The summed E-state index contributed by atoms with van der Waals surface area (Å²) in [5.41, 5.74) is 0.560. The lowest BCUT2D eigenvalue weighted by atomic mass is 9.64. The highest BCUT2D eigenvalue weighted by molar-refractivity contribution is 4.85. The molecular weight excluding hydrogens is 168 g/mol. The Balaban J connectivity index is 1.80. The first-order chi connectivity index (χ1) is 6.57. The zero-order valence-corrected chi connectivity index (χ0v) is 10.2. The van der Waals surface area contributed by atoms with Crippen LogP contribution in [0.25, 0.3) is 0 Å². The maximum atomic E-state index is 2.42. The van der Waals surface area contributed by atoms with E-state index in [1.165, 1.54) is 32.1 Å². The molecule has 0 bridgehead atoms. The van der Waals surface area contributed by atoms with E-state index < -0.39 is 0 Å². The van der Waals surface area contributed by atoms with Crippen LogP contribution in [0.4, 0.5) is 0 Å². The molecule has 82 valence electrons. The Kier molecular flexibility index (Phi) is 2.91.